The van der Waals surface area contributed by atoms with Crippen molar-refractivity contribution in [3.05, 3.63) is 100 Å². The number of benzene rings is 3. The molecule has 0 radical (unpaired) electrons. The zero-order valence-corrected chi connectivity index (χ0v) is 17.6. The third kappa shape index (κ3) is 5.82. The average Bonchev–Trinajstić information content (AvgIpc) is 2.77. The molecule has 152 valence electrons. The van der Waals surface area contributed by atoms with Gasteiger partial charge >= 0.3 is 5.97 Å². The minimum atomic E-state index is -0.461. The summed E-state index contributed by atoms with van der Waals surface area (Å²) in [6.07, 6.45) is 2.96. The number of halogens is 1. The van der Waals surface area contributed by atoms with E-state index in [0.29, 0.717) is 22.7 Å². The van der Waals surface area contributed by atoms with E-state index in [2.05, 4.69) is 10.1 Å². The standard InChI is InChI=1S/C25H22ClNO3/c1-17-3-5-18(6-4-17)16-27-25(29)22-14-19(7-12-24(28)30-2)13-21(15-22)20-8-10-23(26)11-9-20/h3-15H,16H2,1-2H3,(H,27,29)/b12-7+. The molecule has 3 rings (SSSR count). The molecule has 0 aliphatic rings. The fraction of sp³-hybridized carbons (Fsp3) is 0.120. The molecular weight excluding hydrogens is 398 g/mol. The summed E-state index contributed by atoms with van der Waals surface area (Å²) in [6, 6.07) is 20.8. The van der Waals surface area contributed by atoms with Crippen LogP contribution in [0.3, 0.4) is 0 Å². The van der Waals surface area contributed by atoms with Crippen molar-refractivity contribution in [3.8, 4) is 11.1 Å². The molecule has 0 fully saturated rings. The van der Waals surface area contributed by atoms with Crippen molar-refractivity contribution in [2.45, 2.75) is 13.5 Å². The van der Waals surface area contributed by atoms with Crippen LogP contribution in [0.15, 0.2) is 72.8 Å². The van der Waals surface area contributed by atoms with E-state index in [-0.39, 0.29) is 5.91 Å². The Kier molecular flexibility index (Phi) is 7.04. The van der Waals surface area contributed by atoms with Crippen molar-refractivity contribution >= 4 is 29.6 Å². The molecule has 0 saturated carbocycles. The largest absolute Gasteiger partial charge is 0.466 e. The van der Waals surface area contributed by atoms with E-state index in [1.165, 1.54) is 18.7 Å². The van der Waals surface area contributed by atoms with Gasteiger partial charge in [-0.15, -0.1) is 0 Å². The van der Waals surface area contributed by atoms with Crippen molar-refractivity contribution < 1.29 is 14.3 Å². The van der Waals surface area contributed by atoms with Gasteiger partial charge < -0.3 is 10.1 Å². The first kappa shape index (κ1) is 21.3. The predicted molar refractivity (Wildman–Crippen MR) is 120 cm³/mol. The third-order valence-corrected chi connectivity index (χ3v) is 4.83. The molecule has 1 amide bonds. The number of aryl methyl sites for hydroxylation is 1. The predicted octanol–water partition coefficient (Wildman–Crippen LogP) is 5.43. The third-order valence-electron chi connectivity index (χ3n) is 4.58. The van der Waals surface area contributed by atoms with Crippen molar-refractivity contribution in [3.63, 3.8) is 0 Å². The highest BCUT2D eigenvalue weighted by molar-refractivity contribution is 6.30. The van der Waals surface area contributed by atoms with Crippen molar-refractivity contribution in [2.75, 3.05) is 7.11 Å². The van der Waals surface area contributed by atoms with Crippen LogP contribution < -0.4 is 5.32 Å². The number of hydrogen-bond donors (Lipinski definition) is 1. The first-order valence-electron chi connectivity index (χ1n) is 9.45. The summed E-state index contributed by atoms with van der Waals surface area (Å²) in [4.78, 5) is 24.3. The zero-order valence-electron chi connectivity index (χ0n) is 16.8. The molecule has 0 atom stereocenters. The minimum Gasteiger partial charge on any atom is -0.466 e. The van der Waals surface area contributed by atoms with Crippen molar-refractivity contribution in [1.82, 2.24) is 5.32 Å². The van der Waals surface area contributed by atoms with Gasteiger partial charge in [0.05, 0.1) is 7.11 Å². The highest BCUT2D eigenvalue weighted by atomic mass is 35.5. The van der Waals surface area contributed by atoms with Crippen LogP contribution in [0, 0.1) is 6.92 Å². The Morgan fingerprint density at radius 1 is 0.967 bits per heavy atom. The van der Waals surface area contributed by atoms with Gasteiger partial charge in [-0.2, -0.15) is 0 Å². The topological polar surface area (TPSA) is 55.4 Å². The van der Waals surface area contributed by atoms with Crippen LogP contribution in [0.1, 0.15) is 27.0 Å². The van der Waals surface area contributed by atoms with Gasteiger partial charge in [0.25, 0.3) is 5.91 Å². The molecule has 0 aromatic heterocycles. The van der Waals surface area contributed by atoms with Gasteiger partial charge in [-0.05, 0) is 65.6 Å². The fourth-order valence-electron chi connectivity index (χ4n) is 2.91. The van der Waals surface area contributed by atoms with Crippen LogP contribution >= 0.6 is 11.6 Å². The van der Waals surface area contributed by atoms with Gasteiger partial charge in [-0.1, -0.05) is 53.6 Å². The minimum absolute atomic E-state index is 0.195. The smallest absolute Gasteiger partial charge is 0.330 e. The van der Waals surface area contributed by atoms with E-state index in [0.717, 1.165) is 16.7 Å². The van der Waals surface area contributed by atoms with E-state index in [1.807, 2.05) is 55.5 Å². The average molecular weight is 420 g/mol. The summed E-state index contributed by atoms with van der Waals surface area (Å²) >= 11 is 6.00. The van der Waals surface area contributed by atoms with Gasteiger partial charge in [-0.3, -0.25) is 4.79 Å². The lowest BCUT2D eigenvalue weighted by molar-refractivity contribution is -0.134. The first-order valence-corrected chi connectivity index (χ1v) is 9.83. The summed E-state index contributed by atoms with van der Waals surface area (Å²) in [6.45, 7) is 2.45. The Balaban J connectivity index is 1.88. The van der Waals surface area contributed by atoms with Gasteiger partial charge in [0.15, 0.2) is 0 Å². The second kappa shape index (κ2) is 9.90. The SMILES string of the molecule is COC(=O)/C=C/c1cc(C(=O)NCc2ccc(C)cc2)cc(-c2ccc(Cl)cc2)c1. The molecule has 0 aliphatic carbocycles. The monoisotopic (exact) mass is 419 g/mol. The fourth-order valence-corrected chi connectivity index (χ4v) is 3.04. The maximum absolute atomic E-state index is 12.8. The number of methoxy groups -OCH3 is 1. The van der Waals surface area contributed by atoms with Crippen LogP contribution in [0.5, 0.6) is 0 Å². The molecule has 0 heterocycles. The summed E-state index contributed by atoms with van der Waals surface area (Å²) in [5.41, 5.74) is 5.17. The Hall–Kier alpha value is -3.37. The number of carbonyl (C=O) groups excluding carboxylic acids is 2. The quantitative estimate of drug-likeness (QED) is 0.428. The molecule has 1 N–H and O–H groups in total. The van der Waals surface area contributed by atoms with Crippen molar-refractivity contribution in [1.29, 1.82) is 0 Å². The lowest BCUT2D eigenvalue weighted by atomic mass is 9.99. The number of ether oxygens (including phenoxy) is 1. The van der Waals surface area contributed by atoms with Gasteiger partial charge in [0, 0.05) is 23.2 Å². The Bertz CT molecular complexity index is 1070. The number of amides is 1. The summed E-state index contributed by atoms with van der Waals surface area (Å²) in [5, 5.41) is 3.59. The number of rotatable bonds is 6. The molecular formula is C25H22ClNO3. The van der Waals surface area contributed by atoms with Gasteiger partial charge in [-0.25, -0.2) is 4.79 Å². The van der Waals surface area contributed by atoms with Crippen LogP contribution in [0.25, 0.3) is 17.2 Å². The van der Waals surface area contributed by atoms with Crippen LogP contribution in [0.2, 0.25) is 5.02 Å². The van der Waals surface area contributed by atoms with Crippen LogP contribution in [0.4, 0.5) is 0 Å². The maximum Gasteiger partial charge on any atom is 0.330 e. The highest BCUT2D eigenvalue weighted by Gasteiger charge is 2.10. The Morgan fingerprint density at radius 2 is 1.67 bits per heavy atom. The first-order chi connectivity index (χ1) is 14.4. The number of esters is 1. The van der Waals surface area contributed by atoms with E-state index in [1.54, 1.807) is 24.3 Å². The van der Waals surface area contributed by atoms with Crippen molar-refractivity contribution in [2.24, 2.45) is 0 Å². The van der Waals surface area contributed by atoms with Crippen LogP contribution in [-0.2, 0) is 16.1 Å². The molecule has 0 spiro atoms. The Morgan fingerprint density at radius 3 is 2.33 bits per heavy atom. The summed E-state index contributed by atoms with van der Waals surface area (Å²) in [5.74, 6) is -0.656. The molecule has 3 aromatic carbocycles. The summed E-state index contributed by atoms with van der Waals surface area (Å²) in [7, 11) is 1.32. The zero-order chi connectivity index (χ0) is 21.5. The second-order valence-corrected chi connectivity index (χ2v) is 7.31. The summed E-state index contributed by atoms with van der Waals surface area (Å²) < 4.78 is 4.65. The maximum atomic E-state index is 12.8. The lowest BCUT2D eigenvalue weighted by Gasteiger charge is -2.10. The number of nitrogens with one attached hydrogen (secondary N) is 1. The lowest BCUT2D eigenvalue weighted by Crippen LogP contribution is -2.22. The highest BCUT2D eigenvalue weighted by Crippen LogP contribution is 2.25. The molecule has 4 nitrogen and oxygen atoms in total. The van der Waals surface area contributed by atoms with E-state index < -0.39 is 5.97 Å². The van der Waals surface area contributed by atoms with E-state index in [4.69, 9.17) is 11.6 Å². The molecule has 0 bridgehead atoms. The molecule has 3 aromatic rings. The van der Waals surface area contributed by atoms with E-state index >= 15 is 0 Å². The molecule has 0 aliphatic heterocycles. The molecule has 0 saturated heterocycles. The number of carbonyl (C=O) groups is 2. The molecule has 0 unspecified atom stereocenters. The normalized spacial score (nSPS) is 10.8. The second-order valence-electron chi connectivity index (χ2n) is 6.88. The van der Waals surface area contributed by atoms with Gasteiger partial charge in [0.1, 0.15) is 0 Å². The Labute approximate surface area is 181 Å². The van der Waals surface area contributed by atoms with E-state index in [9.17, 15) is 9.59 Å². The number of hydrogen-bond acceptors (Lipinski definition) is 3. The molecule has 30 heavy (non-hydrogen) atoms. The molecule has 5 heteroatoms. The van der Waals surface area contributed by atoms with Crippen LogP contribution in [-0.4, -0.2) is 19.0 Å². The van der Waals surface area contributed by atoms with Gasteiger partial charge in [0.2, 0.25) is 0 Å².